The second-order valence-electron chi connectivity index (χ2n) is 3.43. The SMILES string of the molecule is C(=C\c1ccco1)/CN1CCCC1. The quantitative estimate of drug-likeness (QED) is 0.704. The van der Waals surface area contributed by atoms with Gasteiger partial charge in [0.15, 0.2) is 0 Å². The standard InChI is InChI=1S/C11H15NO/c1-2-8-12(7-1)9-3-5-11-6-4-10-13-11/h3-6,10H,1-2,7-9H2/b5-3+. The Bertz CT molecular complexity index is 258. The van der Waals surface area contributed by atoms with Crippen molar-refractivity contribution in [1.29, 1.82) is 0 Å². The van der Waals surface area contributed by atoms with E-state index in [9.17, 15) is 0 Å². The molecule has 1 aliphatic rings. The van der Waals surface area contributed by atoms with Crippen molar-refractivity contribution in [3.8, 4) is 0 Å². The molecule has 2 nitrogen and oxygen atoms in total. The zero-order chi connectivity index (χ0) is 8.93. The van der Waals surface area contributed by atoms with E-state index in [1.54, 1.807) is 6.26 Å². The predicted octanol–water partition coefficient (Wildman–Crippen LogP) is 2.39. The Morgan fingerprint density at radius 2 is 2.23 bits per heavy atom. The third kappa shape index (κ3) is 2.46. The van der Waals surface area contributed by atoms with Crippen molar-refractivity contribution in [1.82, 2.24) is 4.90 Å². The average molecular weight is 177 g/mol. The Kier molecular flexibility index (Phi) is 2.82. The fraction of sp³-hybridized carbons (Fsp3) is 0.455. The van der Waals surface area contributed by atoms with Crippen molar-refractivity contribution >= 4 is 6.08 Å². The molecule has 1 fully saturated rings. The lowest BCUT2D eigenvalue weighted by Crippen LogP contribution is -2.18. The molecule has 0 spiro atoms. The van der Waals surface area contributed by atoms with Crippen LogP contribution in [0.25, 0.3) is 6.08 Å². The molecule has 1 aliphatic heterocycles. The smallest absolute Gasteiger partial charge is 0.126 e. The molecular formula is C11H15NO. The number of nitrogens with zero attached hydrogens (tertiary/aromatic N) is 1. The Labute approximate surface area is 78.8 Å². The molecule has 70 valence electrons. The summed E-state index contributed by atoms with van der Waals surface area (Å²) < 4.78 is 5.19. The lowest BCUT2D eigenvalue weighted by Gasteiger charge is -2.09. The first-order valence-electron chi connectivity index (χ1n) is 4.87. The highest BCUT2D eigenvalue weighted by Gasteiger charge is 2.08. The minimum Gasteiger partial charge on any atom is -0.465 e. The van der Waals surface area contributed by atoms with Crippen LogP contribution in [-0.2, 0) is 0 Å². The molecule has 1 aromatic heterocycles. The number of likely N-dealkylation sites (tertiary alicyclic amines) is 1. The highest BCUT2D eigenvalue weighted by molar-refractivity contribution is 5.42. The van der Waals surface area contributed by atoms with Crippen molar-refractivity contribution in [2.45, 2.75) is 12.8 Å². The Morgan fingerprint density at radius 3 is 2.92 bits per heavy atom. The van der Waals surface area contributed by atoms with Crippen LogP contribution in [0.5, 0.6) is 0 Å². The van der Waals surface area contributed by atoms with Gasteiger partial charge in [0.1, 0.15) is 5.76 Å². The van der Waals surface area contributed by atoms with Gasteiger partial charge in [0.2, 0.25) is 0 Å². The predicted molar refractivity (Wildman–Crippen MR) is 53.4 cm³/mol. The molecule has 0 atom stereocenters. The summed E-state index contributed by atoms with van der Waals surface area (Å²) in [5.41, 5.74) is 0. The van der Waals surface area contributed by atoms with Crippen LogP contribution in [0.1, 0.15) is 18.6 Å². The van der Waals surface area contributed by atoms with E-state index in [2.05, 4.69) is 11.0 Å². The topological polar surface area (TPSA) is 16.4 Å². The average Bonchev–Trinajstić information content (AvgIpc) is 2.75. The zero-order valence-corrected chi connectivity index (χ0v) is 7.78. The summed E-state index contributed by atoms with van der Waals surface area (Å²) in [6.07, 6.45) is 8.63. The molecule has 0 radical (unpaired) electrons. The summed E-state index contributed by atoms with van der Waals surface area (Å²) in [4.78, 5) is 2.46. The summed E-state index contributed by atoms with van der Waals surface area (Å²) in [5.74, 6) is 0.944. The van der Waals surface area contributed by atoms with E-state index in [0.717, 1.165) is 12.3 Å². The Balaban J connectivity index is 1.78. The number of furan rings is 1. The van der Waals surface area contributed by atoms with Gasteiger partial charge in [0, 0.05) is 6.54 Å². The van der Waals surface area contributed by atoms with Gasteiger partial charge in [0.25, 0.3) is 0 Å². The van der Waals surface area contributed by atoms with Crippen molar-refractivity contribution in [3.05, 3.63) is 30.2 Å². The molecule has 2 heteroatoms. The maximum atomic E-state index is 5.19. The lowest BCUT2D eigenvalue weighted by atomic mass is 10.4. The summed E-state index contributed by atoms with van der Waals surface area (Å²) in [5, 5.41) is 0. The molecule has 0 bridgehead atoms. The van der Waals surface area contributed by atoms with Gasteiger partial charge in [-0.3, -0.25) is 4.90 Å². The molecular weight excluding hydrogens is 162 g/mol. The Morgan fingerprint density at radius 1 is 1.38 bits per heavy atom. The van der Waals surface area contributed by atoms with E-state index in [-0.39, 0.29) is 0 Å². The van der Waals surface area contributed by atoms with Crippen LogP contribution in [-0.4, -0.2) is 24.5 Å². The highest BCUT2D eigenvalue weighted by atomic mass is 16.3. The zero-order valence-electron chi connectivity index (χ0n) is 7.78. The van der Waals surface area contributed by atoms with Gasteiger partial charge in [-0.25, -0.2) is 0 Å². The van der Waals surface area contributed by atoms with E-state index in [4.69, 9.17) is 4.42 Å². The lowest BCUT2D eigenvalue weighted by molar-refractivity contribution is 0.377. The molecule has 0 aromatic carbocycles. The second-order valence-corrected chi connectivity index (χ2v) is 3.43. The van der Waals surface area contributed by atoms with Gasteiger partial charge in [-0.15, -0.1) is 0 Å². The normalized spacial score (nSPS) is 18.8. The molecule has 1 aromatic rings. The first kappa shape index (κ1) is 8.57. The van der Waals surface area contributed by atoms with Gasteiger partial charge in [-0.2, -0.15) is 0 Å². The minimum atomic E-state index is 0.944. The third-order valence-corrected chi connectivity index (χ3v) is 2.39. The van der Waals surface area contributed by atoms with E-state index < -0.39 is 0 Å². The minimum absolute atomic E-state index is 0.944. The fourth-order valence-corrected chi connectivity index (χ4v) is 1.67. The Hall–Kier alpha value is -1.02. The number of rotatable bonds is 3. The summed E-state index contributed by atoms with van der Waals surface area (Å²) in [6, 6.07) is 3.88. The largest absolute Gasteiger partial charge is 0.465 e. The van der Waals surface area contributed by atoms with Crippen molar-refractivity contribution in [2.75, 3.05) is 19.6 Å². The van der Waals surface area contributed by atoms with Gasteiger partial charge < -0.3 is 4.42 Å². The molecule has 1 saturated heterocycles. The van der Waals surface area contributed by atoms with Crippen LogP contribution in [0.3, 0.4) is 0 Å². The molecule has 0 amide bonds. The first-order chi connectivity index (χ1) is 6.45. The molecule has 13 heavy (non-hydrogen) atoms. The van der Waals surface area contributed by atoms with Gasteiger partial charge in [-0.1, -0.05) is 6.08 Å². The van der Waals surface area contributed by atoms with Crippen molar-refractivity contribution in [3.63, 3.8) is 0 Å². The van der Waals surface area contributed by atoms with E-state index >= 15 is 0 Å². The van der Waals surface area contributed by atoms with Gasteiger partial charge in [0.05, 0.1) is 6.26 Å². The summed E-state index contributed by atoms with van der Waals surface area (Å²) >= 11 is 0. The van der Waals surface area contributed by atoms with E-state index in [1.807, 2.05) is 18.2 Å². The summed E-state index contributed by atoms with van der Waals surface area (Å²) in [6.45, 7) is 3.56. The molecule has 0 unspecified atom stereocenters. The van der Waals surface area contributed by atoms with Crippen molar-refractivity contribution < 1.29 is 4.42 Å². The maximum Gasteiger partial charge on any atom is 0.126 e. The van der Waals surface area contributed by atoms with Crippen LogP contribution in [0.2, 0.25) is 0 Å². The summed E-state index contributed by atoms with van der Waals surface area (Å²) in [7, 11) is 0. The van der Waals surface area contributed by atoms with Crippen molar-refractivity contribution in [2.24, 2.45) is 0 Å². The molecule has 0 N–H and O–H groups in total. The van der Waals surface area contributed by atoms with Gasteiger partial charge in [-0.05, 0) is 44.1 Å². The number of hydrogen-bond acceptors (Lipinski definition) is 2. The maximum absolute atomic E-state index is 5.19. The molecule has 0 aliphatic carbocycles. The van der Waals surface area contributed by atoms with E-state index in [1.165, 1.54) is 25.9 Å². The molecule has 2 rings (SSSR count). The first-order valence-corrected chi connectivity index (χ1v) is 4.87. The molecule has 0 saturated carbocycles. The van der Waals surface area contributed by atoms with Crippen LogP contribution in [0.4, 0.5) is 0 Å². The second kappa shape index (κ2) is 4.28. The monoisotopic (exact) mass is 177 g/mol. The van der Waals surface area contributed by atoms with Crippen LogP contribution in [0.15, 0.2) is 28.9 Å². The fourth-order valence-electron chi connectivity index (χ4n) is 1.67. The number of hydrogen-bond donors (Lipinski definition) is 0. The molecule has 2 heterocycles. The highest BCUT2D eigenvalue weighted by Crippen LogP contribution is 2.07. The van der Waals surface area contributed by atoms with Crippen LogP contribution >= 0.6 is 0 Å². The van der Waals surface area contributed by atoms with Gasteiger partial charge >= 0.3 is 0 Å². The van der Waals surface area contributed by atoms with E-state index in [0.29, 0.717) is 0 Å². The van der Waals surface area contributed by atoms with Crippen LogP contribution in [0, 0.1) is 0 Å². The third-order valence-electron chi connectivity index (χ3n) is 2.39. The van der Waals surface area contributed by atoms with Crippen LogP contribution < -0.4 is 0 Å².